The van der Waals surface area contributed by atoms with Crippen LogP contribution in [0, 0.1) is 11.3 Å². The summed E-state index contributed by atoms with van der Waals surface area (Å²) in [6.07, 6.45) is 8.75. The van der Waals surface area contributed by atoms with E-state index in [0.717, 1.165) is 0 Å². The molecule has 0 aliphatic heterocycles. The Morgan fingerprint density at radius 3 is 2.67 bits per heavy atom. The smallest absolute Gasteiger partial charge is 0.235 e. The predicted octanol–water partition coefficient (Wildman–Crippen LogP) is 2.89. The molecule has 0 heterocycles. The number of hydrogen-bond acceptors (Lipinski definition) is 3. The van der Waals surface area contributed by atoms with Gasteiger partial charge in [-0.05, 0) is 13.0 Å². The van der Waals surface area contributed by atoms with Crippen molar-refractivity contribution >= 4 is 35.0 Å². The molecular weight excluding hydrogens is 235 g/mol. The number of rotatable bonds is 2. The van der Waals surface area contributed by atoms with Crippen LogP contribution in [0.5, 0.6) is 0 Å². The van der Waals surface area contributed by atoms with E-state index < -0.39 is 0 Å². The summed E-state index contributed by atoms with van der Waals surface area (Å²) in [5.74, 6) is -0.0727. The molecule has 82 valence electrons. The van der Waals surface area contributed by atoms with Crippen LogP contribution in [-0.2, 0) is 4.79 Å². The van der Waals surface area contributed by atoms with E-state index in [4.69, 9.17) is 28.6 Å². The summed E-state index contributed by atoms with van der Waals surface area (Å²) >= 11 is 9.53. The van der Waals surface area contributed by atoms with Gasteiger partial charge in [0.05, 0.1) is 11.4 Å². The summed E-state index contributed by atoms with van der Waals surface area (Å²) in [7, 11) is 0. The van der Waals surface area contributed by atoms with E-state index in [0.29, 0.717) is 5.71 Å². The number of nitrogens with one attached hydrogen (secondary N) is 1. The van der Waals surface area contributed by atoms with Gasteiger partial charge in [0.15, 0.2) is 0 Å². The second kappa shape index (κ2) is 8.42. The Bertz CT molecular complexity index is 307. The monoisotopic (exact) mass is 246 g/mol. The summed E-state index contributed by atoms with van der Waals surface area (Å²) in [5.41, 5.74) is 0.490. The molecule has 0 aromatic carbocycles. The van der Waals surface area contributed by atoms with Crippen molar-refractivity contribution in [3.05, 3.63) is 24.3 Å². The van der Waals surface area contributed by atoms with Crippen LogP contribution >= 0.6 is 23.2 Å². The third-order valence-corrected chi connectivity index (χ3v) is 1.84. The van der Waals surface area contributed by atoms with Gasteiger partial charge in [-0.25, -0.2) is 9.79 Å². The minimum Gasteiger partial charge on any atom is -0.305 e. The highest BCUT2D eigenvalue weighted by atomic mass is 35.5. The lowest BCUT2D eigenvalue weighted by Crippen LogP contribution is -2.21. The number of carbonyl (C=O) groups excluding carboxylic acids is 1. The van der Waals surface area contributed by atoms with Crippen LogP contribution in [0.3, 0.4) is 0 Å². The second-order valence-electron chi connectivity index (χ2n) is 2.79. The number of halogens is 2. The summed E-state index contributed by atoms with van der Waals surface area (Å²) in [6, 6.07) is -0.184. The van der Waals surface area contributed by atoms with Crippen LogP contribution in [0.2, 0.25) is 0 Å². The summed E-state index contributed by atoms with van der Waals surface area (Å²) in [4.78, 5) is 13.5. The van der Waals surface area contributed by atoms with E-state index in [-0.39, 0.29) is 17.3 Å². The summed E-state index contributed by atoms with van der Waals surface area (Å²) in [5, 5.41) is 7.72. The van der Waals surface area contributed by atoms with E-state index in [1.165, 1.54) is 6.08 Å². The number of hydrogen-bond donors (Lipinski definition) is 1. The first kappa shape index (κ1) is 14.1. The molecule has 0 radical (unpaired) electrons. The third-order valence-electron chi connectivity index (χ3n) is 1.84. The molecule has 0 amide bonds. The Morgan fingerprint density at radius 1 is 1.60 bits per heavy atom. The van der Waals surface area contributed by atoms with E-state index in [1.54, 1.807) is 19.1 Å². The Balaban J connectivity index is 0.000000583. The molecule has 0 spiro atoms. The van der Waals surface area contributed by atoms with Crippen molar-refractivity contribution in [3.8, 4) is 0 Å². The number of nitrogens with zero attached hydrogens (tertiary/aromatic N) is 1. The van der Waals surface area contributed by atoms with Crippen LogP contribution in [-0.4, -0.2) is 23.2 Å². The molecule has 2 unspecified atom stereocenters. The highest BCUT2D eigenvalue weighted by Crippen LogP contribution is 2.14. The minimum atomic E-state index is -0.184. The molecule has 0 aromatic rings. The fraction of sp³-hybridized carbons (Fsp3) is 0.400. The molecule has 0 bridgehead atoms. The number of allylic oxidation sites excluding steroid dienone is 3. The quantitative estimate of drug-likeness (QED) is 0.455. The molecule has 15 heavy (non-hydrogen) atoms. The Hall–Kier alpha value is -0.890. The van der Waals surface area contributed by atoms with Crippen LogP contribution in [0.25, 0.3) is 0 Å². The van der Waals surface area contributed by atoms with Crippen molar-refractivity contribution in [2.45, 2.75) is 13.0 Å². The molecule has 1 aliphatic carbocycles. The van der Waals surface area contributed by atoms with Crippen molar-refractivity contribution < 1.29 is 4.79 Å². The van der Waals surface area contributed by atoms with Crippen molar-refractivity contribution in [3.63, 3.8) is 0 Å². The zero-order chi connectivity index (χ0) is 11.7. The SMILES string of the molecule is CC(N=C=O)C1C=CC=CC1=N.ClCCl. The Morgan fingerprint density at radius 2 is 2.20 bits per heavy atom. The second-order valence-corrected chi connectivity index (χ2v) is 3.60. The maximum atomic E-state index is 9.96. The van der Waals surface area contributed by atoms with E-state index in [2.05, 4.69) is 4.99 Å². The van der Waals surface area contributed by atoms with Crippen molar-refractivity contribution in [1.29, 1.82) is 5.41 Å². The van der Waals surface area contributed by atoms with Crippen LogP contribution < -0.4 is 0 Å². The van der Waals surface area contributed by atoms with Crippen LogP contribution in [0.1, 0.15) is 6.92 Å². The molecule has 0 fully saturated rings. The molecule has 1 rings (SSSR count). The summed E-state index contributed by atoms with van der Waals surface area (Å²) in [6.45, 7) is 1.80. The molecule has 2 atom stereocenters. The normalized spacial score (nSPS) is 19.9. The molecule has 3 nitrogen and oxygen atoms in total. The topological polar surface area (TPSA) is 53.3 Å². The highest BCUT2D eigenvalue weighted by Gasteiger charge is 2.18. The molecule has 5 heteroatoms. The van der Waals surface area contributed by atoms with Crippen molar-refractivity contribution in [2.75, 3.05) is 5.34 Å². The van der Waals surface area contributed by atoms with Gasteiger partial charge in [-0.15, -0.1) is 23.2 Å². The Labute approximate surface area is 99.0 Å². The van der Waals surface area contributed by atoms with Gasteiger partial charge in [-0.1, -0.05) is 18.2 Å². The molecule has 1 N–H and O–H groups in total. The zero-order valence-corrected chi connectivity index (χ0v) is 9.79. The van der Waals surface area contributed by atoms with Crippen LogP contribution in [0.4, 0.5) is 0 Å². The van der Waals surface area contributed by atoms with Gasteiger partial charge in [0.2, 0.25) is 6.08 Å². The molecule has 1 aliphatic rings. The first-order valence-corrected chi connectivity index (χ1v) is 5.36. The van der Waals surface area contributed by atoms with E-state index in [1.807, 2.05) is 12.2 Å². The number of isocyanates is 1. The van der Waals surface area contributed by atoms with Gasteiger partial charge < -0.3 is 5.41 Å². The average Bonchev–Trinajstić information content (AvgIpc) is 2.20. The highest BCUT2D eigenvalue weighted by molar-refractivity contribution is 6.40. The van der Waals surface area contributed by atoms with Gasteiger partial charge in [-0.2, -0.15) is 0 Å². The van der Waals surface area contributed by atoms with Gasteiger partial charge in [0.25, 0.3) is 0 Å². The number of alkyl halides is 2. The fourth-order valence-electron chi connectivity index (χ4n) is 1.14. The lowest BCUT2D eigenvalue weighted by molar-refractivity contribution is 0.554. The first-order chi connectivity index (χ1) is 7.17. The lowest BCUT2D eigenvalue weighted by atomic mass is 9.92. The van der Waals surface area contributed by atoms with E-state index in [9.17, 15) is 4.79 Å². The van der Waals surface area contributed by atoms with Gasteiger partial charge in [-0.3, -0.25) is 0 Å². The average molecular weight is 247 g/mol. The third kappa shape index (κ3) is 5.53. The first-order valence-electron chi connectivity index (χ1n) is 4.29. The maximum absolute atomic E-state index is 9.96. The maximum Gasteiger partial charge on any atom is 0.235 e. The van der Waals surface area contributed by atoms with Crippen LogP contribution in [0.15, 0.2) is 29.3 Å². The summed E-state index contributed by atoms with van der Waals surface area (Å²) < 4.78 is 0. The fourth-order valence-corrected chi connectivity index (χ4v) is 1.14. The van der Waals surface area contributed by atoms with Gasteiger partial charge in [0.1, 0.15) is 0 Å². The zero-order valence-electron chi connectivity index (χ0n) is 8.28. The molecule has 0 saturated heterocycles. The minimum absolute atomic E-state index is 0.0727. The molecule has 0 saturated carbocycles. The predicted molar refractivity (Wildman–Crippen MR) is 63.7 cm³/mol. The molecule has 0 aromatic heterocycles. The lowest BCUT2D eigenvalue weighted by Gasteiger charge is -2.16. The van der Waals surface area contributed by atoms with Gasteiger partial charge >= 0.3 is 0 Å². The van der Waals surface area contributed by atoms with E-state index >= 15 is 0 Å². The number of aliphatic imine (C=N–C) groups is 1. The van der Waals surface area contributed by atoms with Crippen molar-refractivity contribution in [2.24, 2.45) is 10.9 Å². The van der Waals surface area contributed by atoms with Gasteiger partial charge in [0, 0.05) is 11.6 Å². The molecular formula is C10H12Cl2N2O. The standard InChI is InChI=1S/C9H10N2O.CH2Cl2/c1-7(11-6-12)8-4-2-3-5-9(8)10;2-1-3/h2-5,7-8,10H,1H3;1H2. The largest absolute Gasteiger partial charge is 0.305 e. The Kier molecular flexibility index (Phi) is 7.92. The van der Waals surface area contributed by atoms with Crippen molar-refractivity contribution in [1.82, 2.24) is 0 Å².